The van der Waals surface area contributed by atoms with E-state index in [1.165, 1.54) is 18.5 Å². The summed E-state index contributed by atoms with van der Waals surface area (Å²) in [6.07, 6.45) is 8.51. The van der Waals surface area contributed by atoms with Crippen molar-refractivity contribution in [2.45, 2.75) is 107 Å². The third kappa shape index (κ3) is 19.7. The molecule has 0 aliphatic carbocycles. The van der Waals surface area contributed by atoms with E-state index in [9.17, 15) is 29.0 Å². The zero-order valence-electron chi connectivity index (χ0n) is 41.6. The van der Waals surface area contributed by atoms with Crippen molar-refractivity contribution in [1.82, 2.24) is 46.5 Å². The minimum atomic E-state index is -0.770. The number of aromatic amines is 1. The number of nitrogens with zero attached hydrogens (tertiary/aromatic N) is 5. The second kappa shape index (κ2) is 31.9. The van der Waals surface area contributed by atoms with Crippen LogP contribution in [0.1, 0.15) is 81.8 Å². The number of nitrogens with two attached hydrogens (primary N) is 1. The molecular weight excluding hydrogens is 979 g/mol. The largest absolute Gasteiger partial charge is 0.471 e. The maximum Gasteiger partial charge on any atom is 0.315 e. The molecule has 24 nitrogen and oxygen atoms in total. The highest BCUT2D eigenvalue weighted by molar-refractivity contribution is 8.00. The van der Waals surface area contributed by atoms with Crippen LogP contribution in [0.5, 0.6) is 5.88 Å². The topological polar surface area (TPSA) is 326 Å². The number of urea groups is 1. The molecule has 2 aliphatic rings. The highest BCUT2D eigenvalue weighted by atomic mass is 32.2. The number of hydrogen-bond donors (Lipinski definition) is 8. The Morgan fingerprint density at radius 1 is 0.757 bits per heavy atom. The van der Waals surface area contributed by atoms with E-state index < -0.39 is 6.04 Å². The van der Waals surface area contributed by atoms with Gasteiger partial charge in [0.1, 0.15) is 29.5 Å². The smallest absolute Gasteiger partial charge is 0.315 e. The number of rotatable bonds is 38. The lowest BCUT2D eigenvalue weighted by Crippen LogP contribution is -2.47. The molecule has 5 amide bonds. The Hall–Kier alpha value is -6.54. The molecule has 2 aromatic heterocycles. The number of anilines is 2. The van der Waals surface area contributed by atoms with E-state index in [1.54, 1.807) is 6.07 Å². The summed E-state index contributed by atoms with van der Waals surface area (Å²) < 4.78 is 28.4. The van der Waals surface area contributed by atoms with Crippen LogP contribution < -0.4 is 42.4 Å². The molecule has 0 bridgehead atoms. The molecule has 402 valence electrons. The van der Waals surface area contributed by atoms with Gasteiger partial charge < -0.3 is 66.3 Å². The first kappa shape index (κ1) is 56.8. The van der Waals surface area contributed by atoms with Crippen LogP contribution in [0, 0.1) is 9.81 Å². The number of nitrogen functional groups attached to an aromatic ring is 1. The summed E-state index contributed by atoms with van der Waals surface area (Å²) in [5.41, 5.74) is 9.38. The monoisotopic (exact) mass is 1050 g/mol. The number of carbonyl (C=O) groups is 4. The number of ether oxygens (including phenoxy) is 5. The summed E-state index contributed by atoms with van der Waals surface area (Å²) in [6.45, 7) is 4.48. The number of aromatic nitrogens is 4. The molecule has 1 unspecified atom stereocenters. The van der Waals surface area contributed by atoms with E-state index in [0.29, 0.717) is 126 Å². The van der Waals surface area contributed by atoms with Gasteiger partial charge in [0.05, 0.1) is 77.0 Å². The Kier molecular flexibility index (Phi) is 24.5. The lowest BCUT2D eigenvalue weighted by molar-refractivity contribution is -0.129. The van der Waals surface area contributed by atoms with Gasteiger partial charge in [0.15, 0.2) is 5.65 Å². The molecule has 25 heteroatoms. The summed E-state index contributed by atoms with van der Waals surface area (Å²) in [7, 11) is 0. The number of hydrogen-bond acceptors (Lipinski definition) is 19. The molecule has 0 saturated carbocycles. The van der Waals surface area contributed by atoms with Crippen molar-refractivity contribution < 1.29 is 42.9 Å². The minimum absolute atomic E-state index is 0.0112. The summed E-state index contributed by atoms with van der Waals surface area (Å²) in [5, 5.41) is 24.0. The van der Waals surface area contributed by atoms with Gasteiger partial charge in [0.25, 0.3) is 0 Å². The molecular formula is C49H69N13O11S. The third-order valence-electron chi connectivity index (χ3n) is 12.2. The molecule has 2 aliphatic heterocycles. The minimum Gasteiger partial charge on any atom is -0.471 e. The third-order valence-corrected chi connectivity index (χ3v) is 13.7. The first-order valence-corrected chi connectivity index (χ1v) is 26.3. The summed E-state index contributed by atoms with van der Waals surface area (Å²) >= 11 is 1.87. The number of fused-ring (bicyclic) bond motifs is 2. The van der Waals surface area contributed by atoms with Gasteiger partial charge in [-0.3, -0.25) is 14.4 Å². The van der Waals surface area contributed by atoms with Crippen LogP contribution in [-0.2, 0) is 46.5 Å². The van der Waals surface area contributed by atoms with Crippen LogP contribution >= 0.6 is 11.8 Å². The molecule has 6 rings (SSSR count). The van der Waals surface area contributed by atoms with Crippen molar-refractivity contribution in [3.05, 3.63) is 69.7 Å². The molecule has 74 heavy (non-hydrogen) atoms. The van der Waals surface area contributed by atoms with E-state index in [1.807, 2.05) is 36.0 Å². The summed E-state index contributed by atoms with van der Waals surface area (Å²) in [4.78, 5) is 87.7. The van der Waals surface area contributed by atoms with Gasteiger partial charge in [0, 0.05) is 43.5 Å². The SMILES string of the molecule is Nc1nc(OCc2ccc(COCCOCCOCCOCCNC(=O)C(CCCCNc3ccc(N=O)cc3N=O)NC(=O)CCCCCNC(=O)CCCC[C@H]3SC[C@H]4NC(=O)N[C@H]43)cc2)c2[nH]cnc2n1. The van der Waals surface area contributed by atoms with E-state index in [0.717, 1.165) is 49.0 Å². The van der Waals surface area contributed by atoms with Crippen molar-refractivity contribution in [3.8, 4) is 5.88 Å². The Morgan fingerprint density at radius 2 is 1.47 bits per heavy atom. The number of unbranched alkanes of at least 4 members (excludes halogenated alkanes) is 4. The van der Waals surface area contributed by atoms with E-state index in [2.05, 4.69) is 62.2 Å². The van der Waals surface area contributed by atoms with Gasteiger partial charge in [-0.05, 0) is 84.6 Å². The van der Waals surface area contributed by atoms with Crippen LogP contribution in [0.4, 0.5) is 27.8 Å². The fourth-order valence-corrected chi connectivity index (χ4v) is 9.78. The maximum absolute atomic E-state index is 13.3. The first-order valence-electron chi connectivity index (χ1n) is 25.2. The molecule has 4 heterocycles. The van der Waals surface area contributed by atoms with Gasteiger partial charge in [-0.1, -0.05) is 37.1 Å². The number of imidazole rings is 1. The number of carbonyl (C=O) groups excluding carboxylic acids is 4. The summed E-state index contributed by atoms with van der Waals surface area (Å²) in [6, 6.07) is 11.7. The number of amides is 5. The quantitative estimate of drug-likeness (QED) is 0.0163. The fraction of sp³-hybridized carbons (Fsp3) is 0.571. The van der Waals surface area contributed by atoms with Crippen LogP contribution in [0.15, 0.2) is 59.1 Å². The lowest BCUT2D eigenvalue weighted by atomic mass is 10.0. The molecule has 2 aromatic carbocycles. The van der Waals surface area contributed by atoms with E-state index >= 15 is 0 Å². The standard InChI is InChI=1S/C49H69N13O11S/c50-48-59-45-44(54-32-55-45)47(60-48)73-30-34-14-12-33(13-15-34)29-72-27-26-71-25-24-70-23-22-69-21-20-53-46(65)37(8-5-7-18-51-36-17-16-35(61-67)28-38(36)62-68)56-42(64)11-2-1-6-19-52-41(63)10-4-3-9-40-43-39(31-74-40)57-49(66)58-43/h12-17,28,32,37,39-40,43,51H,1-11,18-27,29-31H2,(H,52,63)(H,53,65)(H,56,64)(H2,57,58,66)(H3,50,54,55,59,60)/t37?,39-,40-,43-/m1/s1. The van der Waals surface area contributed by atoms with Gasteiger partial charge >= 0.3 is 6.03 Å². The molecule has 0 spiro atoms. The normalized spacial score (nSPS) is 16.2. The Bertz CT molecular complexity index is 2400. The highest BCUT2D eigenvalue weighted by Gasteiger charge is 2.42. The number of benzene rings is 2. The molecule has 9 N–H and O–H groups in total. The average molecular weight is 1050 g/mol. The Labute approximate surface area is 433 Å². The number of H-pyrrole nitrogens is 1. The predicted molar refractivity (Wildman–Crippen MR) is 279 cm³/mol. The molecule has 4 aromatic rings. The van der Waals surface area contributed by atoms with Crippen molar-refractivity contribution in [3.63, 3.8) is 0 Å². The maximum atomic E-state index is 13.3. The van der Waals surface area contributed by atoms with Crippen molar-refractivity contribution >= 4 is 69.7 Å². The number of nitroso groups, excluding NO2 is 2. The van der Waals surface area contributed by atoms with Crippen LogP contribution in [0.25, 0.3) is 11.2 Å². The first-order chi connectivity index (χ1) is 36.2. The Morgan fingerprint density at radius 3 is 2.24 bits per heavy atom. The fourth-order valence-electron chi connectivity index (χ4n) is 8.24. The molecule has 2 fully saturated rings. The zero-order chi connectivity index (χ0) is 52.2. The molecule has 4 atom stereocenters. The van der Waals surface area contributed by atoms with Crippen LogP contribution in [0.3, 0.4) is 0 Å². The predicted octanol–water partition coefficient (Wildman–Crippen LogP) is 5.16. The van der Waals surface area contributed by atoms with Crippen LogP contribution in [0.2, 0.25) is 0 Å². The molecule has 2 saturated heterocycles. The van der Waals surface area contributed by atoms with Crippen molar-refractivity contribution in [2.75, 3.05) is 82.7 Å². The lowest BCUT2D eigenvalue weighted by Gasteiger charge is -2.19. The summed E-state index contributed by atoms with van der Waals surface area (Å²) in [5.74, 6) is 0.797. The Balaban J connectivity index is 0.776. The highest BCUT2D eigenvalue weighted by Crippen LogP contribution is 2.33. The van der Waals surface area contributed by atoms with Crippen LogP contribution in [-0.4, -0.2) is 139 Å². The van der Waals surface area contributed by atoms with E-state index in [-0.39, 0.29) is 72.7 Å². The van der Waals surface area contributed by atoms with Gasteiger partial charge in [-0.15, -0.1) is 9.81 Å². The van der Waals surface area contributed by atoms with Crippen molar-refractivity contribution in [2.24, 2.45) is 10.4 Å². The second-order valence-electron chi connectivity index (χ2n) is 17.7. The second-order valence-corrected chi connectivity index (χ2v) is 19.0. The van der Waals surface area contributed by atoms with Gasteiger partial charge in [-0.25, -0.2) is 9.78 Å². The van der Waals surface area contributed by atoms with Gasteiger partial charge in [-0.2, -0.15) is 21.7 Å². The molecule has 0 radical (unpaired) electrons. The van der Waals surface area contributed by atoms with Crippen molar-refractivity contribution in [1.29, 1.82) is 0 Å². The zero-order valence-corrected chi connectivity index (χ0v) is 42.4. The number of thioether (sulfide) groups is 1. The number of nitrogens with one attached hydrogen (secondary N) is 7. The van der Waals surface area contributed by atoms with Gasteiger partial charge in [0.2, 0.25) is 29.5 Å². The van der Waals surface area contributed by atoms with E-state index in [4.69, 9.17) is 29.4 Å². The average Bonchev–Trinajstić information content (AvgIpc) is 4.14.